The highest BCUT2D eigenvalue weighted by Gasteiger charge is 2.32. The number of amides is 1. The lowest BCUT2D eigenvalue weighted by Gasteiger charge is -2.12. The predicted octanol–water partition coefficient (Wildman–Crippen LogP) is 1.40. The second kappa shape index (κ2) is 5.45. The van der Waals surface area contributed by atoms with Crippen LogP contribution in [0.1, 0.15) is 29.2 Å². The molecule has 23 heavy (non-hydrogen) atoms. The van der Waals surface area contributed by atoms with E-state index in [1.807, 2.05) is 0 Å². The van der Waals surface area contributed by atoms with Gasteiger partial charge in [-0.15, -0.1) is 0 Å². The Kier molecular flexibility index (Phi) is 3.71. The number of hydrogen-bond donors (Lipinski definition) is 1. The molecule has 1 amide bonds. The van der Waals surface area contributed by atoms with Gasteiger partial charge < -0.3 is 0 Å². The summed E-state index contributed by atoms with van der Waals surface area (Å²) >= 11 is 0. The van der Waals surface area contributed by atoms with Gasteiger partial charge in [0.15, 0.2) is 0 Å². The third-order valence-corrected chi connectivity index (χ3v) is 5.66. The van der Waals surface area contributed by atoms with Crippen LogP contribution in [-0.2, 0) is 28.3 Å². The van der Waals surface area contributed by atoms with Crippen LogP contribution in [0.3, 0.4) is 0 Å². The maximum Gasteiger partial charge on any atom is 0.267 e. The number of benzene rings is 1. The lowest BCUT2D eigenvalue weighted by Crippen LogP contribution is -2.34. The van der Waals surface area contributed by atoms with Gasteiger partial charge in [-0.3, -0.25) is 9.48 Å². The maximum absolute atomic E-state index is 13.2. The topological polar surface area (TPSA) is 81.1 Å². The summed E-state index contributed by atoms with van der Waals surface area (Å²) in [6, 6.07) is 4.22. The zero-order chi connectivity index (χ0) is 16.8. The number of sulfonamides is 1. The van der Waals surface area contributed by atoms with Crippen molar-refractivity contribution in [2.24, 2.45) is 7.05 Å². The molecule has 2 aromatic rings. The Morgan fingerprint density at radius 2 is 2.17 bits per heavy atom. The molecule has 1 heterocycles. The molecule has 0 radical (unpaired) electrons. The van der Waals surface area contributed by atoms with Crippen molar-refractivity contribution in [2.75, 3.05) is 0 Å². The van der Waals surface area contributed by atoms with E-state index in [9.17, 15) is 17.6 Å². The molecule has 1 atom stereocenters. The molecule has 1 unspecified atom stereocenters. The molecule has 0 bridgehead atoms. The number of aryl methyl sites for hydroxylation is 2. The second-order valence-corrected chi connectivity index (χ2v) is 7.27. The molecule has 1 aliphatic carbocycles. The smallest absolute Gasteiger partial charge is 0.267 e. The molecule has 3 rings (SSSR count). The number of carbonyl (C=O) groups excluding carboxylic acids is 1. The van der Waals surface area contributed by atoms with Gasteiger partial charge in [0.1, 0.15) is 10.7 Å². The van der Waals surface area contributed by atoms with E-state index < -0.39 is 21.8 Å². The van der Waals surface area contributed by atoms with E-state index in [0.29, 0.717) is 24.1 Å². The van der Waals surface area contributed by atoms with Gasteiger partial charge in [0.25, 0.3) is 10.0 Å². The van der Waals surface area contributed by atoms with Crippen molar-refractivity contribution in [2.45, 2.75) is 30.6 Å². The van der Waals surface area contributed by atoms with E-state index >= 15 is 0 Å². The van der Waals surface area contributed by atoms with Crippen LogP contribution in [0.15, 0.2) is 29.3 Å². The highest BCUT2D eigenvalue weighted by atomic mass is 32.2. The van der Waals surface area contributed by atoms with Crippen molar-refractivity contribution in [1.82, 2.24) is 14.5 Å². The van der Waals surface area contributed by atoms with E-state index in [-0.39, 0.29) is 10.7 Å². The summed E-state index contributed by atoms with van der Waals surface area (Å²) < 4.78 is 41.5. The second-order valence-electron chi connectivity index (χ2n) is 5.62. The molecule has 0 saturated heterocycles. The van der Waals surface area contributed by atoms with Gasteiger partial charge in [-0.1, -0.05) is 6.07 Å². The van der Waals surface area contributed by atoms with E-state index in [4.69, 9.17) is 0 Å². The molecular formula is C15H16FN3O3S. The van der Waals surface area contributed by atoms with Crippen molar-refractivity contribution in [3.05, 3.63) is 47.0 Å². The summed E-state index contributed by atoms with van der Waals surface area (Å²) in [5, 5.41) is 3.88. The molecule has 6 nitrogen and oxygen atoms in total. The summed E-state index contributed by atoms with van der Waals surface area (Å²) in [7, 11) is -2.35. The Morgan fingerprint density at radius 3 is 2.83 bits per heavy atom. The van der Waals surface area contributed by atoms with Crippen molar-refractivity contribution >= 4 is 15.9 Å². The molecule has 0 fully saturated rings. The van der Waals surface area contributed by atoms with E-state index in [1.165, 1.54) is 23.0 Å². The standard InChI is InChI=1S/C15H16FN3O3S/c1-9-14(8-17-19(9)2)23(21,22)18-15(20)13-5-3-10-7-11(16)4-6-12(10)13/h4,6-8,13H,3,5H2,1-2H3,(H,18,20). The highest BCUT2D eigenvalue weighted by molar-refractivity contribution is 7.90. The molecule has 1 N–H and O–H groups in total. The molecule has 0 saturated carbocycles. The van der Waals surface area contributed by atoms with Crippen molar-refractivity contribution in [1.29, 1.82) is 0 Å². The molecular weight excluding hydrogens is 321 g/mol. The average molecular weight is 337 g/mol. The van der Waals surface area contributed by atoms with Crippen LogP contribution in [0.5, 0.6) is 0 Å². The van der Waals surface area contributed by atoms with Crippen LogP contribution in [0, 0.1) is 12.7 Å². The fourth-order valence-corrected chi connectivity index (χ4v) is 4.08. The monoisotopic (exact) mass is 337 g/mol. The van der Waals surface area contributed by atoms with Gasteiger partial charge >= 0.3 is 0 Å². The lowest BCUT2D eigenvalue weighted by molar-refractivity contribution is -0.120. The largest absolute Gasteiger partial charge is 0.273 e. The minimum atomic E-state index is -3.97. The zero-order valence-corrected chi connectivity index (χ0v) is 13.5. The minimum absolute atomic E-state index is 0.0225. The first kappa shape index (κ1) is 15.7. The number of halogens is 1. The fraction of sp³-hybridized carbons (Fsp3) is 0.333. The number of rotatable bonds is 3. The summed E-state index contributed by atoms with van der Waals surface area (Å²) in [5.74, 6) is -1.54. The van der Waals surface area contributed by atoms with Crippen molar-refractivity contribution in [3.63, 3.8) is 0 Å². The first-order valence-electron chi connectivity index (χ1n) is 7.13. The van der Waals surface area contributed by atoms with E-state index in [0.717, 1.165) is 5.56 Å². The maximum atomic E-state index is 13.2. The first-order chi connectivity index (χ1) is 10.8. The third kappa shape index (κ3) is 2.74. The summed E-state index contributed by atoms with van der Waals surface area (Å²) in [5.41, 5.74) is 1.88. The molecule has 8 heteroatoms. The van der Waals surface area contributed by atoms with Gasteiger partial charge in [-0.2, -0.15) is 5.10 Å². The number of nitrogens with zero attached hydrogens (tertiary/aromatic N) is 2. The van der Waals surface area contributed by atoms with Crippen LogP contribution in [0.4, 0.5) is 4.39 Å². The molecule has 0 aliphatic heterocycles. The van der Waals surface area contributed by atoms with Crippen LogP contribution in [0.2, 0.25) is 0 Å². The molecule has 122 valence electrons. The number of hydrogen-bond acceptors (Lipinski definition) is 4. The molecule has 1 aromatic heterocycles. The Labute approximate surface area is 133 Å². The zero-order valence-electron chi connectivity index (χ0n) is 12.7. The van der Waals surface area contributed by atoms with Crippen LogP contribution in [0.25, 0.3) is 0 Å². The minimum Gasteiger partial charge on any atom is -0.273 e. The quantitative estimate of drug-likeness (QED) is 0.918. The Bertz CT molecular complexity index is 889. The predicted molar refractivity (Wildman–Crippen MR) is 80.7 cm³/mol. The van der Waals surface area contributed by atoms with Crippen molar-refractivity contribution < 1.29 is 17.6 Å². The van der Waals surface area contributed by atoms with Crippen molar-refractivity contribution in [3.8, 4) is 0 Å². The lowest BCUT2D eigenvalue weighted by atomic mass is 10.0. The number of nitrogens with one attached hydrogen (secondary N) is 1. The van der Waals surface area contributed by atoms with Gasteiger partial charge in [-0.05, 0) is 43.0 Å². The summed E-state index contributed by atoms with van der Waals surface area (Å²) in [6.07, 6.45) is 2.23. The number of aromatic nitrogens is 2. The van der Waals surface area contributed by atoms with Crippen LogP contribution < -0.4 is 4.72 Å². The van der Waals surface area contributed by atoms with E-state index in [1.54, 1.807) is 20.0 Å². The summed E-state index contributed by atoms with van der Waals surface area (Å²) in [4.78, 5) is 12.4. The Hall–Kier alpha value is -2.22. The molecule has 1 aliphatic rings. The van der Waals surface area contributed by atoms with Gasteiger partial charge in [0.2, 0.25) is 5.91 Å². The highest BCUT2D eigenvalue weighted by Crippen LogP contribution is 2.34. The van der Waals surface area contributed by atoms with Gasteiger partial charge in [-0.25, -0.2) is 17.5 Å². The number of carbonyl (C=O) groups is 1. The summed E-state index contributed by atoms with van der Waals surface area (Å²) in [6.45, 7) is 1.61. The van der Waals surface area contributed by atoms with Gasteiger partial charge in [0, 0.05) is 7.05 Å². The van der Waals surface area contributed by atoms with E-state index in [2.05, 4.69) is 9.82 Å². The normalized spacial score (nSPS) is 17.1. The third-order valence-electron chi connectivity index (χ3n) is 4.21. The van der Waals surface area contributed by atoms with Crippen LogP contribution >= 0.6 is 0 Å². The van der Waals surface area contributed by atoms with Gasteiger partial charge in [0.05, 0.1) is 17.8 Å². The van der Waals surface area contributed by atoms with Crippen LogP contribution in [-0.4, -0.2) is 24.1 Å². The Morgan fingerprint density at radius 1 is 1.43 bits per heavy atom. The number of fused-ring (bicyclic) bond motifs is 1. The SMILES string of the molecule is Cc1c(S(=O)(=O)NC(=O)C2CCc3cc(F)ccc32)cnn1C. The molecule has 1 aromatic carbocycles. The Balaban J connectivity index is 1.85. The first-order valence-corrected chi connectivity index (χ1v) is 8.61. The fourth-order valence-electron chi connectivity index (χ4n) is 2.86. The molecule has 0 spiro atoms. The average Bonchev–Trinajstić information content (AvgIpc) is 3.03.